The predicted molar refractivity (Wildman–Crippen MR) is 61.8 cm³/mol. The summed E-state index contributed by atoms with van der Waals surface area (Å²) in [6, 6.07) is -0.00523. The SMILES string of the molecule is COCC(CN1CCOCC1)NC(=O)CCl. The van der Waals surface area contributed by atoms with Gasteiger partial charge in [-0.25, -0.2) is 0 Å². The van der Waals surface area contributed by atoms with Crippen LogP contribution in [0.5, 0.6) is 0 Å². The first-order chi connectivity index (χ1) is 7.76. The number of nitrogens with zero attached hydrogens (tertiary/aromatic N) is 1. The van der Waals surface area contributed by atoms with Crippen LogP contribution in [0.25, 0.3) is 0 Å². The van der Waals surface area contributed by atoms with Gasteiger partial charge in [-0.1, -0.05) is 0 Å². The average Bonchev–Trinajstić information content (AvgIpc) is 2.30. The number of methoxy groups -OCH3 is 1. The van der Waals surface area contributed by atoms with Gasteiger partial charge in [-0.3, -0.25) is 9.69 Å². The molecule has 0 saturated carbocycles. The van der Waals surface area contributed by atoms with Gasteiger partial charge in [0.1, 0.15) is 5.88 Å². The number of morpholine rings is 1. The van der Waals surface area contributed by atoms with Crippen molar-refractivity contribution in [3.63, 3.8) is 0 Å². The molecule has 1 fully saturated rings. The number of halogens is 1. The number of amides is 1. The highest BCUT2D eigenvalue weighted by atomic mass is 35.5. The molecule has 0 radical (unpaired) electrons. The van der Waals surface area contributed by atoms with Crippen LogP contribution in [0.1, 0.15) is 0 Å². The second kappa shape index (κ2) is 7.84. The third-order valence-corrected chi connectivity index (χ3v) is 2.68. The third-order valence-electron chi connectivity index (χ3n) is 2.44. The van der Waals surface area contributed by atoms with Crippen molar-refractivity contribution in [3.05, 3.63) is 0 Å². The molecule has 0 aromatic rings. The quantitative estimate of drug-likeness (QED) is 0.657. The van der Waals surface area contributed by atoms with E-state index in [4.69, 9.17) is 21.1 Å². The Kier molecular flexibility index (Phi) is 6.71. The van der Waals surface area contributed by atoms with Crippen molar-refractivity contribution in [2.45, 2.75) is 6.04 Å². The molecule has 0 aromatic heterocycles. The van der Waals surface area contributed by atoms with Crippen molar-refractivity contribution < 1.29 is 14.3 Å². The standard InChI is InChI=1S/C10H19ClN2O3/c1-15-8-9(12-10(14)6-11)7-13-2-4-16-5-3-13/h9H,2-8H2,1H3,(H,12,14). The van der Waals surface area contributed by atoms with Gasteiger partial charge in [0, 0.05) is 26.7 Å². The molecule has 94 valence electrons. The number of hydrogen-bond acceptors (Lipinski definition) is 4. The van der Waals surface area contributed by atoms with Crippen molar-refractivity contribution in [1.29, 1.82) is 0 Å². The Bertz CT molecular complexity index is 210. The molecule has 1 aliphatic heterocycles. The Hall–Kier alpha value is -0.360. The molecule has 0 aliphatic carbocycles. The maximum absolute atomic E-state index is 11.2. The molecule has 5 nitrogen and oxygen atoms in total. The highest BCUT2D eigenvalue weighted by Gasteiger charge is 2.17. The summed E-state index contributed by atoms with van der Waals surface area (Å²) in [5.74, 6) is -0.166. The molecule has 16 heavy (non-hydrogen) atoms. The number of nitrogens with one attached hydrogen (secondary N) is 1. The van der Waals surface area contributed by atoms with Crippen molar-refractivity contribution >= 4 is 17.5 Å². The minimum absolute atomic E-state index is 0.00523. The zero-order valence-corrected chi connectivity index (χ0v) is 10.3. The molecular formula is C10H19ClN2O3. The van der Waals surface area contributed by atoms with E-state index in [0.29, 0.717) is 6.61 Å². The molecule has 1 heterocycles. The van der Waals surface area contributed by atoms with E-state index < -0.39 is 0 Å². The summed E-state index contributed by atoms with van der Waals surface area (Å²) >= 11 is 5.45. The van der Waals surface area contributed by atoms with Crippen LogP contribution in [0.4, 0.5) is 0 Å². The van der Waals surface area contributed by atoms with Gasteiger partial charge in [0.05, 0.1) is 25.9 Å². The van der Waals surface area contributed by atoms with Crippen LogP contribution in [0, 0.1) is 0 Å². The van der Waals surface area contributed by atoms with Crippen LogP contribution < -0.4 is 5.32 Å². The Labute approximate surface area is 101 Å². The van der Waals surface area contributed by atoms with Gasteiger partial charge in [-0.05, 0) is 0 Å². The van der Waals surface area contributed by atoms with Crippen LogP contribution >= 0.6 is 11.6 Å². The average molecular weight is 251 g/mol. The molecule has 1 unspecified atom stereocenters. The van der Waals surface area contributed by atoms with E-state index in [1.165, 1.54) is 0 Å². The van der Waals surface area contributed by atoms with Gasteiger partial charge < -0.3 is 14.8 Å². The number of carbonyl (C=O) groups excluding carboxylic acids is 1. The first kappa shape index (κ1) is 13.7. The molecule has 6 heteroatoms. The molecule has 0 bridgehead atoms. The highest BCUT2D eigenvalue weighted by Crippen LogP contribution is 1.99. The van der Waals surface area contributed by atoms with Crippen LogP contribution in [-0.4, -0.2) is 69.3 Å². The van der Waals surface area contributed by atoms with Crippen molar-refractivity contribution in [2.75, 3.05) is 52.4 Å². The van der Waals surface area contributed by atoms with Crippen molar-refractivity contribution in [1.82, 2.24) is 10.2 Å². The van der Waals surface area contributed by atoms with Gasteiger partial charge in [0.2, 0.25) is 5.91 Å². The lowest BCUT2D eigenvalue weighted by Crippen LogP contribution is -2.49. The fourth-order valence-corrected chi connectivity index (χ4v) is 1.78. The number of carbonyl (C=O) groups is 1. The zero-order valence-electron chi connectivity index (χ0n) is 9.58. The van der Waals surface area contributed by atoms with Crippen LogP contribution in [0.3, 0.4) is 0 Å². The van der Waals surface area contributed by atoms with E-state index in [1.807, 2.05) is 0 Å². The summed E-state index contributed by atoms with van der Waals surface area (Å²) in [7, 11) is 1.62. The predicted octanol–water partition coefficient (Wildman–Crippen LogP) is -0.311. The van der Waals surface area contributed by atoms with Crippen molar-refractivity contribution in [3.8, 4) is 0 Å². The van der Waals surface area contributed by atoms with Gasteiger partial charge >= 0.3 is 0 Å². The second-order valence-electron chi connectivity index (χ2n) is 3.77. The smallest absolute Gasteiger partial charge is 0.235 e. The zero-order chi connectivity index (χ0) is 11.8. The fraction of sp³-hybridized carbons (Fsp3) is 0.900. The summed E-state index contributed by atoms with van der Waals surface area (Å²) in [5.41, 5.74) is 0. The van der Waals surface area contributed by atoms with E-state index in [9.17, 15) is 4.79 Å². The van der Waals surface area contributed by atoms with Gasteiger partial charge in [0.15, 0.2) is 0 Å². The van der Waals surface area contributed by atoms with E-state index in [1.54, 1.807) is 7.11 Å². The van der Waals surface area contributed by atoms with Gasteiger partial charge in [0.25, 0.3) is 0 Å². The van der Waals surface area contributed by atoms with E-state index in [-0.39, 0.29) is 17.8 Å². The number of alkyl halides is 1. The van der Waals surface area contributed by atoms with Crippen molar-refractivity contribution in [2.24, 2.45) is 0 Å². The maximum Gasteiger partial charge on any atom is 0.235 e. The lowest BCUT2D eigenvalue weighted by atomic mass is 10.2. The summed E-state index contributed by atoms with van der Waals surface area (Å²) in [6.07, 6.45) is 0. The molecule has 1 aliphatic rings. The third kappa shape index (κ3) is 5.12. The number of ether oxygens (including phenoxy) is 2. The summed E-state index contributed by atoms with van der Waals surface area (Å²) in [5, 5.41) is 2.84. The summed E-state index contributed by atoms with van der Waals surface area (Å²) < 4.78 is 10.3. The fourth-order valence-electron chi connectivity index (χ4n) is 1.70. The number of rotatable bonds is 6. The van der Waals surface area contributed by atoms with Crippen LogP contribution in [0.2, 0.25) is 0 Å². The van der Waals surface area contributed by atoms with Gasteiger partial charge in [-0.2, -0.15) is 0 Å². The number of hydrogen-bond donors (Lipinski definition) is 1. The monoisotopic (exact) mass is 250 g/mol. The lowest BCUT2D eigenvalue weighted by Gasteiger charge is -2.30. The summed E-state index contributed by atoms with van der Waals surface area (Å²) in [6.45, 7) is 4.58. The molecule has 1 rings (SSSR count). The van der Waals surface area contributed by atoms with Crippen LogP contribution in [-0.2, 0) is 14.3 Å². The molecule has 1 amide bonds. The Morgan fingerprint density at radius 3 is 2.81 bits per heavy atom. The van der Waals surface area contributed by atoms with Crippen LogP contribution in [0.15, 0.2) is 0 Å². The Morgan fingerprint density at radius 1 is 1.56 bits per heavy atom. The molecule has 0 aromatic carbocycles. The van der Waals surface area contributed by atoms with E-state index in [0.717, 1.165) is 32.8 Å². The van der Waals surface area contributed by atoms with E-state index >= 15 is 0 Å². The molecular weight excluding hydrogens is 232 g/mol. The molecule has 1 atom stereocenters. The highest BCUT2D eigenvalue weighted by molar-refractivity contribution is 6.27. The molecule has 1 N–H and O–H groups in total. The van der Waals surface area contributed by atoms with E-state index in [2.05, 4.69) is 10.2 Å². The molecule has 0 spiro atoms. The minimum atomic E-state index is -0.156. The minimum Gasteiger partial charge on any atom is -0.383 e. The second-order valence-corrected chi connectivity index (χ2v) is 4.03. The Morgan fingerprint density at radius 2 is 2.25 bits per heavy atom. The largest absolute Gasteiger partial charge is 0.383 e. The lowest BCUT2D eigenvalue weighted by molar-refractivity contribution is -0.120. The summed E-state index contributed by atoms with van der Waals surface area (Å²) in [4.78, 5) is 13.4. The normalized spacial score (nSPS) is 19.4. The molecule has 1 saturated heterocycles. The first-order valence-corrected chi connectivity index (χ1v) is 5.94. The Balaban J connectivity index is 2.33. The first-order valence-electron chi connectivity index (χ1n) is 5.40. The van der Waals surface area contributed by atoms with Gasteiger partial charge in [-0.15, -0.1) is 11.6 Å². The maximum atomic E-state index is 11.2. The topological polar surface area (TPSA) is 50.8 Å².